The Labute approximate surface area is 134 Å². The maximum absolute atomic E-state index is 12.1. The highest BCUT2D eigenvalue weighted by Gasteiger charge is 2.27. The Balaban J connectivity index is 4.88. The van der Waals surface area contributed by atoms with E-state index in [0.717, 1.165) is 6.42 Å². The van der Waals surface area contributed by atoms with E-state index in [4.69, 9.17) is 10.2 Å². The first-order valence-electron chi connectivity index (χ1n) is 7.44. The summed E-state index contributed by atoms with van der Waals surface area (Å²) in [5, 5.41) is 24.9. The van der Waals surface area contributed by atoms with Gasteiger partial charge in [0.1, 0.15) is 18.1 Å². The van der Waals surface area contributed by atoms with Gasteiger partial charge in [-0.1, -0.05) is 19.8 Å². The van der Waals surface area contributed by atoms with Crippen LogP contribution in [0.1, 0.15) is 40.0 Å². The van der Waals surface area contributed by atoms with E-state index in [2.05, 4.69) is 16.0 Å². The molecule has 5 N–H and O–H groups in total. The number of hydrogen-bond acceptors (Lipinski definition) is 5. The fourth-order valence-electron chi connectivity index (χ4n) is 1.76. The molecule has 0 saturated carbocycles. The molecule has 0 heterocycles. The average Bonchev–Trinajstić information content (AvgIpc) is 2.47. The lowest BCUT2D eigenvalue weighted by Crippen LogP contribution is -2.56. The molecule has 3 unspecified atom stereocenters. The number of hydrogen-bond donors (Lipinski definition) is 5. The highest BCUT2D eigenvalue weighted by Crippen LogP contribution is 2.02. The second kappa shape index (κ2) is 10.5. The zero-order chi connectivity index (χ0) is 18.0. The van der Waals surface area contributed by atoms with E-state index in [0.29, 0.717) is 12.8 Å². The zero-order valence-electron chi connectivity index (χ0n) is 13.6. The van der Waals surface area contributed by atoms with E-state index in [1.807, 2.05) is 6.92 Å². The summed E-state index contributed by atoms with van der Waals surface area (Å²) in [7, 11) is 0. The monoisotopic (exact) mass is 331 g/mol. The van der Waals surface area contributed by atoms with Gasteiger partial charge in [-0.25, -0.2) is 0 Å². The van der Waals surface area contributed by atoms with Crippen molar-refractivity contribution in [2.45, 2.75) is 58.2 Å². The lowest BCUT2D eigenvalue weighted by atomic mass is 10.1. The minimum Gasteiger partial charge on any atom is -0.480 e. The van der Waals surface area contributed by atoms with Crippen molar-refractivity contribution in [1.29, 1.82) is 0 Å². The number of aliphatic carboxylic acids is 1. The molecule has 0 fully saturated rings. The normalized spacial score (nSPS) is 14.3. The minimum atomic E-state index is -1.19. The molecule has 0 bridgehead atoms. The van der Waals surface area contributed by atoms with Gasteiger partial charge in [0.15, 0.2) is 0 Å². The summed E-state index contributed by atoms with van der Waals surface area (Å²) < 4.78 is 0. The third-order valence-electron chi connectivity index (χ3n) is 3.09. The van der Waals surface area contributed by atoms with E-state index in [-0.39, 0.29) is 0 Å². The maximum atomic E-state index is 12.1. The number of aliphatic hydroxyl groups excluding tert-OH is 1. The van der Waals surface area contributed by atoms with Gasteiger partial charge >= 0.3 is 5.97 Å². The van der Waals surface area contributed by atoms with Crippen molar-refractivity contribution < 1.29 is 29.4 Å². The summed E-state index contributed by atoms with van der Waals surface area (Å²) in [6, 6.07) is -3.19. The summed E-state index contributed by atoms with van der Waals surface area (Å²) in [5.41, 5.74) is 0. The van der Waals surface area contributed by atoms with Crippen molar-refractivity contribution in [1.82, 2.24) is 16.0 Å². The van der Waals surface area contributed by atoms with Gasteiger partial charge in [0.2, 0.25) is 17.7 Å². The van der Waals surface area contributed by atoms with Crippen LogP contribution in [0.25, 0.3) is 0 Å². The number of carbonyl (C=O) groups is 4. The van der Waals surface area contributed by atoms with Crippen molar-refractivity contribution in [2.24, 2.45) is 0 Å². The first-order valence-corrected chi connectivity index (χ1v) is 7.44. The van der Waals surface area contributed by atoms with Crippen LogP contribution in [0, 0.1) is 0 Å². The highest BCUT2D eigenvalue weighted by atomic mass is 16.4. The SMILES string of the molecule is CCCCC(NC(=O)C(CO)NC(C)=O)C(=O)NC(C)C(=O)O. The van der Waals surface area contributed by atoms with Crippen LogP contribution in [0.15, 0.2) is 0 Å². The molecule has 0 spiro atoms. The fourth-order valence-corrected chi connectivity index (χ4v) is 1.76. The zero-order valence-corrected chi connectivity index (χ0v) is 13.6. The molecule has 132 valence electrons. The standard InChI is InChI=1S/C14H25N3O6/c1-4-5-6-10(12(20)15-8(2)14(22)23)17-13(21)11(7-18)16-9(3)19/h8,10-11,18H,4-7H2,1-3H3,(H,15,20)(H,16,19)(H,17,21)(H,22,23). The Hall–Kier alpha value is -2.16. The molecule has 0 aromatic rings. The molecule has 0 saturated heterocycles. The lowest BCUT2D eigenvalue weighted by molar-refractivity contribution is -0.141. The van der Waals surface area contributed by atoms with Gasteiger partial charge in [-0.05, 0) is 13.3 Å². The molecule has 9 heteroatoms. The van der Waals surface area contributed by atoms with Crippen molar-refractivity contribution >= 4 is 23.7 Å². The number of rotatable bonds is 10. The summed E-state index contributed by atoms with van der Waals surface area (Å²) in [6.07, 6.45) is 1.74. The first kappa shape index (κ1) is 20.8. The number of carboxylic acids is 1. The van der Waals surface area contributed by atoms with E-state index in [1.54, 1.807) is 0 Å². The van der Waals surface area contributed by atoms with Gasteiger partial charge < -0.3 is 26.2 Å². The molecule has 0 aromatic heterocycles. The number of amides is 3. The van der Waals surface area contributed by atoms with Gasteiger partial charge in [-0.15, -0.1) is 0 Å². The number of carbonyl (C=O) groups excluding carboxylic acids is 3. The van der Waals surface area contributed by atoms with Crippen LogP contribution >= 0.6 is 0 Å². The van der Waals surface area contributed by atoms with E-state index < -0.39 is 48.4 Å². The van der Waals surface area contributed by atoms with Gasteiger partial charge in [0, 0.05) is 6.92 Å². The summed E-state index contributed by atoms with van der Waals surface area (Å²) >= 11 is 0. The van der Waals surface area contributed by atoms with Crippen LogP contribution in [0.4, 0.5) is 0 Å². The highest BCUT2D eigenvalue weighted by molar-refractivity contribution is 5.93. The van der Waals surface area contributed by atoms with E-state index in [1.165, 1.54) is 13.8 Å². The topological polar surface area (TPSA) is 145 Å². The Bertz CT molecular complexity index is 440. The molecule has 0 aromatic carbocycles. The molecule has 0 aliphatic rings. The van der Waals surface area contributed by atoms with Crippen molar-refractivity contribution in [2.75, 3.05) is 6.61 Å². The number of nitrogens with one attached hydrogen (secondary N) is 3. The molecule has 0 rings (SSSR count). The maximum Gasteiger partial charge on any atom is 0.325 e. The van der Waals surface area contributed by atoms with Gasteiger partial charge in [0.25, 0.3) is 0 Å². The lowest BCUT2D eigenvalue weighted by Gasteiger charge is -2.22. The van der Waals surface area contributed by atoms with Gasteiger partial charge in [-0.3, -0.25) is 19.2 Å². The van der Waals surface area contributed by atoms with Crippen molar-refractivity contribution in [3.8, 4) is 0 Å². The number of carboxylic acid groups (broad SMARTS) is 1. The van der Waals surface area contributed by atoms with Crippen LogP contribution in [-0.4, -0.2) is 58.6 Å². The number of aliphatic hydroxyl groups is 1. The Morgan fingerprint density at radius 1 is 1.00 bits per heavy atom. The molecular weight excluding hydrogens is 306 g/mol. The smallest absolute Gasteiger partial charge is 0.325 e. The molecule has 23 heavy (non-hydrogen) atoms. The van der Waals surface area contributed by atoms with Crippen LogP contribution in [0.5, 0.6) is 0 Å². The fraction of sp³-hybridized carbons (Fsp3) is 0.714. The Kier molecular flexibility index (Phi) is 9.56. The second-order valence-corrected chi connectivity index (χ2v) is 5.21. The van der Waals surface area contributed by atoms with E-state index >= 15 is 0 Å². The van der Waals surface area contributed by atoms with E-state index in [9.17, 15) is 19.2 Å². The quantitative estimate of drug-likeness (QED) is 0.338. The van der Waals surface area contributed by atoms with Crippen LogP contribution < -0.4 is 16.0 Å². The van der Waals surface area contributed by atoms with Gasteiger partial charge in [-0.2, -0.15) is 0 Å². The predicted octanol–water partition coefficient (Wildman–Crippen LogP) is -1.25. The largest absolute Gasteiger partial charge is 0.480 e. The predicted molar refractivity (Wildman–Crippen MR) is 81.4 cm³/mol. The molecule has 0 aliphatic heterocycles. The van der Waals surface area contributed by atoms with Crippen molar-refractivity contribution in [3.05, 3.63) is 0 Å². The Morgan fingerprint density at radius 2 is 1.57 bits per heavy atom. The molecule has 3 amide bonds. The van der Waals surface area contributed by atoms with Gasteiger partial charge in [0.05, 0.1) is 6.61 Å². The second-order valence-electron chi connectivity index (χ2n) is 5.21. The van der Waals surface area contributed by atoms with Crippen molar-refractivity contribution in [3.63, 3.8) is 0 Å². The van der Waals surface area contributed by atoms with Crippen LogP contribution in [0.3, 0.4) is 0 Å². The van der Waals surface area contributed by atoms with Crippen LogP contribution in [-0.2, 0) is 19.2 Å². The first-order chi connectivity index (χ1) is 10.7. The third kappa shape index (κ3) is 8.15. The Morgan fingerprint density at radius 3 is 2.00 bits per heavy atom. The molecule has 0 aliphatic carbocycles. The summed E-state index contributed by atoms with van der Waals surface area (Å²) in [5.74, 6) is -3.01. The minimum absolute atomic E-state index is 0.318. The third-order valence-corrected chi connectivity index (χ3v) is 3.09. The summed E-state index contributed by atoms with van der Waals surface area (Å²) in [4.78, 5) is 45.9. The molecule has 9 nitrogen and oxygen atoms in total. The molecular formula is C14H25N3O6. The number of unbranched alkanes of at least 4 members (excludes halogenated alkanes) is 1. The molecule has 3 atom stereocenters. The summed E-state index contributed by atoms with van der Waals surface area (Å²) in [6.45, 7) is 3.81. The van der Waals surface area contributed by atoms with Crippen LogP contribution in [0.2, 0.25) is 0 Å². The molecule has 0 radical (unpaired) electrons. The average molecular weight is 331 g/mol.